The van der Waals surface area contributed by atoms with Gasteiger partial charge in [0, 0.05) is 22.0 Å². The third kappa shape index (κ3) is 7.08. The number of hydrogen-bond donors (Lipinski definition) is 3. The molecule has 4 N–H and O–H groups in total. The summed E-state index contributed by atoms with van der Waals surface area (Å²) in [5.74, 6) is -0.824. The molecule has 0 saturated heterocycles. The predicted octanol–water partition coefficient (Wildman–Crippen LogP) is 2.34. The van der Waals surface area contributed by atoms with Crippen LogP contribution in [0.5, 0.6) is 5.75 Å². The quantitative estimate of drug-likeness (QED) is 0.463. The molecule has 2 aromatic carbocycles. The van der Waals surface area contributed by atoms with Crippen LogP contribution in [-0.2, 0) is 9.59 Å². The van der Waals surface area contributed by atoms with Crippen molar-refractivity contribution < 1.29 is 19.1 Å². The van der Waals surface area contributed by atoms with Crippen molar-refractivity contribution in [2.45, 2.75) is 13.3 Å². The number of ether oxygens (including phenoxy) is 1. The number of anilines is 1. The summed E-state index contributed by atoms with van der Waals surface area (Å²) in [5, 5.41) is 7.09. The normalized spacial score (nSPS) is 10.9. The number of carbonyl (C=O) groups is 3. The van der Waals surface area contributed by atoms with Gasteiger partial charge in [-0.25, -0.2) is 5.43 Å². The van der Waals surface area contributed by atoms with Crippen molar-refractivity contribution in [2.24, 2.45) is 10.8 Å². The van der Waals surface area contributed by atoms with Crippen LogP contribution in [-0.4, -0.2) is 30.0 Å². The average Bonchev–Trinajstić information content (AvgIpc) is 2.66. The van der Waals surface area contributed by atoms with Crippen LogP contribution in [0.1, 0.15) is 23.7 Å². The molecule has 2 aromatic rings. The van der Waals surface area contributed by atoms with E-state index >= 15 is 0 Å². The molecule has 0 fully saturated rings. The van der Waals surface area contributed by atoms with Gasteiger partial charge in [0.25, 0.3) is 5.91 Å². The minimum absolute atomic E-state index is 0.0180. The first-order chi connectivity index (χ1) is 13.3. The number of hydrogen-bond acceptors (Lipinski definition) is 5. The highest BCUT2D eigenvalue weighted by Gasteiger charge is 2.07. The van der Waals surface area contributed by atoms with Crippen molar-refractivity contribution in [2.75, 3.05) is 11.9 Å². The molecule has 3 amide bonds. The summed E-state index contributed by atoms with van der Waals surface area (Å²) in [6, 6.07) is 12.8. The van der Waals surface area contributed by atoms with Gasteiger partial charge < -0.3 is 15.8 Å². The van der Waals surface area contributed by atoms with E-state index in [1.54, 1.807) is 43.3 Å². The van der Waals surface area contributed by atoms with Crippen LogP contribution in [0.4, 0.5) is 5.69 Å². The number of rotatable bonds is 8. The van der Waals surface area contributed by atoms with Crippen LogP contribution in [0.2, 0.25) is 5.02 Å². The lowest BCUT2D eigenvalue weighted by atomic mass is 10.2. The number of hydrazone groups is 1. The summed E-state index contributed by atoms with van der Waals surface area (Å²) in [5.41, 5.74) is 8.75. The first-order valence-corrected chi connectivity index (χ1v) is 8.61. The zero-order valence-electron chi connectivity index (χ0n) is 15.1. The number of nitrogens with zero attached hydrogens (tertiary/aromatic N) is 1. The van der Waals surface area contributed by atoms with E-state index < -0.39 is 11.8 Å². The largest absolute Gasteiger partial charge is 0.484 e. The smallest absolute Gasteiger partial charge is 0.277 e. The second-order valence-corrected chi connectivity index (χ2v) is 6.23. The van der Waals surface area contributed by atoms with Crippen LogP contribution in [0.15, 0.2) is 53.6 Å². The van der Waals surface area contributed by atoms with Crippen LogP contribution in [0.3, 0.4) is 0 Å². The molecule has 0 aromatic heterocycles. The number of primary amides is 1. The summed E-state index contributed by atoms with van der Waals surface area (Å²) >= 11 is 5.77. The summed E-state index contributed by atoms with van der Waals surface area (Å²) in [7, 11) is 0. The number of benzene rings is 2. The van der Waals surface area contributed by atoms with E-state index in [1.807, 2.05) is 0 Å². The van der Waals surface area contributed by atoms with Gasteiger partial charge in [-0.1, -0.05) is 11.6 Å². The number of nitrogens with one attached hydrogen (secondary N) is 2. The van der Waals surface area contributed by atoms with E-state index in [9.17, 15) is 14.4 Å². The molecule has 0 radical (unpaired) electrons. The molecular formula is C19H19ClN4O4. The SMILES string of the molecule is C/C(CC(=O)Nc1ccc(C(N)=O)cc1)=N/NC(=O)COc1ccc(Cl)cc1. The van der Waals surface area contributed by atoms with Gasteiger partial charge in [0.2, 0.25) is 11.8 Å². The van der Waals surface area contributed by atoms with Gasteiger partial charge in [0.05, 0.1) is 6.42 Å². The van der Waals surface area contributed by atoms with Gasteiger partial charge in [-0.2, -0.15) is 5.10 Å². The monoisotopic (exact) mass is 402 g/mol. The molecule has 146 valence electrons. The van der Waals surface area contributed by atoms with Crippen LogP contribution < -0.4 is 21.2 Å². The Morgan fingerprint density at radius 3 is 2.29 bits per heavy atom. The Balaban J connectivity index is 1.76. The highest BCUT2D eigenvalue weighted by atomic mass is 35.5. The molecule has 9 heteroatoms. The van der Waals surface area contributed by atoms with E-state index in [0.717, 1.165) is 0 Å². The fourth-order valence-electron chi connectivity index (χ4n) is 2.06. The van der Waals surface area contributed by atoms with Crippen LogP contribution in [0.25, 0.3) is 0 Å². The van der Waals surface area contributed by atoms with Crippen molar-refractivity contribution in [1.82, 2.24) is 5.43 Å². The lowest BCUT2D eigenvalue weighted by Crippen LogP contribution is -2.26. The van der Waals surface area contributed by atoms with Crippen LogP contribution in [0, 0.1) is 0 Å². The molecule has 0 aliphatic heterocycles. The van der Waals surface area contributed by atoms with Gasteiger partial charge in [-0.3, -0.25) is 14.4 Å². The highest BCUT2D eigenvalue weighted by Crippen LogP contribution is 2.15. The van der Waals surface area contributed by atoms with Gasteiger partial charge >= 0.3 is 0 Å². The fourth-order valence-corrected chi connectivity index (χ4v) is 2.19. The standard InChI is InChI=1S/C19H19ClN4O4/c1-12(10-17(25)22-15-6-2-13(3-7-15)19(21)27)23-24-18(26)11-28-16-8-4-14(20)5-9-16/h2-9H,10-11H2,1H3,(H2,21,27)(H,22,25)(H,24,26)/b23-12-. The molecule has 0 bridgehead atoms. The van der Waals surface area contributed by atoms with Crippen molar-refractivity contribution in [3.05, 3.63) is 59.1 Å². The summed E-state index contributed by atoms with van der Waals surface area (Å²) in [6.45, 7) is 1.38. The van der Waals surface area contributed by atoms with Gasteiger partial charge in [0.15, 0.2) is 6.61 Å². The first kappa shape index (κ1) is 20.9. The van der Waals surface area contributed by atoms with E-state index in [2.05, 4.69) is 15.8 Å². The van der Waals surface area contributed by atoms with Gasteiger partial charge in [0.1, 0.15) is 5.75 Å². The molecule has 0 heterocycles. The summed E-state index contributed by atoms with van der Waals surface area (Å²) < 4.78 is 5.29. The second-order valence-electron chi connectivity index (χ2n) is 5.79. The van der Waals surface area contributed by atoms with Crippen molar-refractivity contribution in [3.8, 4) is 5.75 Å². The molecule has 0 saturated carbocycles. The number of amides is 3. The topological polar surface area (TPSA) is 123 Å². The maximum absolute atomic E-state index is 12.0. The Morgan fingerprint density at radius 2 is 1.68 bits per heavy atom. The molecule has 0 spiro atoms. The number of halogens is 1. The van der Waals surface area contributed by atoms with Gasteiger partial charge in [-0.15, -0.1) is 0 Å². The Kier molecular flexibility index (Phi) is 7.53. The first-order valence-electron chi connectivity index (χ1n) is 8.23. The molecule has 0 unspecified atom stereocenters. The molecule has 0 aliphatic carbocycles. The molecule has 28 heavy (non-hydrogen) atoms. The Bertz CT molecular complexity index is 880. The maximum Gasteiger partial charge on any atom is 0.277 e. The molecule has 0 atom stereocenters. The summed E-state index contributed by atoms with van der Waals surface area (Å²) in [4.78, 5) is 34.8. The Morgan fingerprint density at radius 1 is 1.04 bits per heavy atom. The molecule has 2 rings (SSSR count). The van der Waals surface area contributed by atoms with Gasteiger partial charge in [-0.05, 0) is 55.5 Å². The minimum atomic E-state index is -0.545. The van der Waals surface area contributed by atoms with E-state index in [4.69, 9.17) is 22.1 Å². The maximum atomic E-state index is 12.0. The minimum Gasteiger partial charge on any atom is -0.484 e. The highest BCUT2D eigenvalue weighted by molar-refractivity contribution is 6.30. The van der Waals surface area contributed by atoms with Crippen molar-refractivity contribution in [3.63, 3.8) is 0 Å². The second kappa shape index (κ2) is 10.1. The van der Waals surface area contributed by atoms with Crippen molar-refractivity contribution >= 4 is 40.7 Å². The lowest BCUT2D eigenvalue weighted by molar-refractivity contribution is -0.123. The predicted molar refractivity (Wildman–Crippen MR) is 106 cm³/mol. The number of nitrogens with two attached hydrogens (primary N) is 1. The van der Waals surface area contributed by atoms with Crippen LogP contribution >= 0.6 is 11.6 Å². The van der Waals surface area contributed by atoms with E-state index in [1.165, 1.54) is 12.1 Å². The van der Waals surface area contributed by atoms with Crippen molar-refractivity contribution in [1.29, 1.82) is 0 Å². The third-order valence-corrected chi connectivity index (χ3v) is 3.68. The average molecular weight is 403 g/mol. The fraction of sp³-hybridized carbons (Fsp3) is 0.158. The molecular weight excluding hydrogens is 384 g/mol. The zero-order chi connectivity index (χ0) is 20.5. The summed E-state index contributed by atoms with van der Waals surface area (Å²) in [6.07, 6.45) is -0.0180. The Labute approximate surface area is 166 Å². The van der Waals surface area contributed by atoms with E-state index in [0.29, 0.717) is 27.7 Å². The number of carbonyl (C=O) groups excluding carboxylic acids is 3. The zero-order valence-corrected chi connectivity index (χ0v) is 15.8. The third-order valence-electron chi connectivity index (χ3n) is 3.42. The Hall–Kier alpha value is -3.39. The lowest BCUT2D eigenvalue weighted by Gasteiger charge is -2.07. The van der Waals surface area contributed by atoms with E-state index in [-0.39, 0.29) is 18.9 Å². The molecule has 0 aliphatic rings. The molecule has 8 nitrogen and oxygen atoms in total.